The minimum absolute atomic E-state index is 0.0337. The molecule has 3 amide bonds. The number of nitrogens with zero attached hydrogens (tertiary/aromatic N) is 8. The Labute approximate surface area is 384 Å². The van der Waals surface area contributed by atoms with Gasteiger partial charge in [0.2, 0.25) is 23.6 Å². The molecule has 3 saturated heterocycles. The maximum absolute atomic E-state index is 15.4. The molecule has 0 spiro atoms. The van der Waals surface area contributed by atoms with Gasteiger partial charge in [0.1, 0.15) is 17.3 Å². The summed E-state index contributed by atoms with van der Waals surface area (Å²) >= 11 is 0. The summed E-state index contributed by atoms with van der Waals surface area (Å²) in [7, 11) is 3.28. The highest BCUT2D eigenvalue weighted by molar-refractivity contribution is 6.05. The van der Waals surface area contributed by atoms with Gasteiger partial charge in [0, 0.05) is 94.1 Å². The predicted octanol–water partition coefficient (Wildman–Crippen LogP) is 6.74. The number of hydrogen-bond donors (Lipinski definition) is 2. The van der Waals surface area contributed by atoms with Crippen molar-refractivity contribution in [3.8, 4) is 17.1 Å². The van der Waals surface area contributed by atoms with Crippen LogP contribution in [0.2, 0.25) is 0 Å². The molecule has 3 aromatic heterocycles. The smallest absolute Gasteiger partial charge is 0.282 e. The van der Waals surface area contributed by atoms with E-state index in [0.717, 1.165) is 61.9 Å². The summed E-state index contributed by atoms with van der Waals surface area (Å²) < 4.78 is 75.2. The number of alkyl halides is 2. The molecule has 7 heterocycles. The van der Waals surface area contributed by atoms with E-state index in [4.69, 9.17) is 14.5 Å². The van der Waals surface area contributed by atoms with Gasteiger partial charge in [0.05, 0.1) is 47.5 Å². The minimum Gasteiger partial charge on any atom is -0.477 e. The topological polar surface area (TPSA) is 152 Å². The molecule has 2 N–H and O–H groups in total. The number of halogens is 4. The molecule has 19 heteroatoms. The summed E-state index contributed by atoms with van der Waals surface area (Å²) in [6.45, 7) is 6.60. The average molecular weight is 927 g/mol. The number of benzene rings is 2. The van der Waals surface area contributed by atoms with Crippen LogP contribution in [-0.4, -0.2) is 112 Å². The number of imide groups is 1. The van der Waals surface area contributed by atoms with Gasteiger partial charge in [-0.15, -0.1) is 0 Å². The molecule has 2 aromatic carbocycles. The number of carbonyl (C=O) groups excluding carboxylic acids is 3. The van der Waals surface area contributed by atoms with Crippen molar-refractivity contribution < 1.29 is 41.4 Å². The highest BCUT2D eigenvalue weighted by Gasteiger charge is 2.37. The number of piperazine rings is 1. The lowest BCUT2D eigenvalue weighted by Crippen LogP contribution is -2.60. The van der Waals surface area contributed by atoms with Crippen LogP contribution < -0.4 is 25.2 Å². The van der Waals surface area contributed by atoms with Crippen molar-refractivity contribution in [3.05, 3.63) is 76.6 Å². The number of amides is 3. The Balaban J connectivity index is 0.870. The molecule has 0 radical (unpaired) electrons. The number of nitrogens with one attached hydrogen (secondary N) is 2. The molecular weight excluding hydrogens is 873 g/mol. The van der Waals surface area contributed by atoms with E-state index in [-0.39, 0.29) is 65.0 Å². The van der Waals surface area contributed by atoms with Crippen LogP contribution in [0.3, 0.4) is 0 Å². The molecule has 4 aliphatic heterocycles. The summed E-state index contributed by atoms with van der Waals surface area (Å²) in [6.07, 6.45) is 1.45. The summed E-state index contributed by atoms with van der Waals surface area (Å²) in [5, 5.41) is 9.36. The SMILES string of the molecule is COC[C@H]1CN(c2ccc3nc4n(c3c2)C[C@@H]2CC[C@H](COc3c(c(C(F)F)nn3C)-c3cc(cc(C)n3)C(=O)N4)C2)CCN1C1CCN(c2cc(F)c([C@H]3CCC(=O)NC3=O)c(F)c2)CC1. The van der Waals surface area contributed by atoms with E-state index in [1.54, 1.807) is 27.1 Å². The maximum Gasteiger partial charge on any atom is 0.282 e. The fourth-order valence-corrected chi connectivity index (χ4v) is 11.2. The zero-order valence-electron chi connectivity index (χ0n) is 37.7. The molecule has 4 bridgehead atoms. The normalized spacial score (nSPS) is 23.1. The minimum atomic E-state index is -2.88. The van der Waals surface area contributed by atoms with Gasteiger partial charge in [0.25, 0.3) is 12.3 Å². The number of anilines is 3. The van der Waals surface area contributed by atoms with Crippen molar-refractivity contribution in [1.82, 2.24) is 34.5 Å². The van der Waals surface area contributed by atoms with Crippen LogP contribution in [0.15, 0.2) is 42.5 Å². The van der Waals surface area contributed by atoms with Gasteiger partial charge in [-0.1, -0.05) is 0 Å². The number of aromatic nitrogens is 5. The summed E-state index contributed by atoms with van der Waals surface area (Å²) in [5.41, 5.74) is 3.31. The summed E-state index contributed by atoms with van der Waals surface area (Å²) in [5.74, 6) is -3.13. The molecule has 354 valence electrons. The average Bonchev–Trinajstić information content (AvgIpc) is 4.00. The van der Waals surface area contributed by atoms with Gasteiger partial charge in [-0.05, 0) is 99.7 Å². The van der Waals surface area contributed by atoms with Crippen molar-refractivity contribution in [2.75, 3.05) is 68.2 Å². The Morgan fingerprint density at radius 3 is 2.39 bits per heavy atom. The highest BCUT2D eigenvalue weighted by atomic mass is 19.3. The van der Waals surface area contributed by atoms with Gasteiger partial charge < -0.3 is 23.8 Å². The number of pyridine rings is 1. The zero-order chi connectivity index (χ0) is 46.7. The summed E-state index contributed by atoms with van der Waals surface area (Å²) in [4.78, 5) is 54.5. The molecule has 4 atom stereocenters. The van der Waals surface area contributed by atoms with Crippen LogP contribution in [0.4, 0.5) is 34.9 Å². The number of rotatable bonds is 7. The lowest BCUT2D eigenvalue weighted by molar-refractivity contribution is -0.134. The molecule has 0 unspecified atom stereocenters. The molecule has 15 nitrogen and oxygen atoms in total. The first-order chi connectivity index (χ1) is 32.3. The Morgan fingerprint density at radius 2 is 1.64 bits per heavy atom. The maximum atomic E-state index is 15.4. The Kier molecular flexibility index (Phi) is 12.2. The van der Waals surface area contributed by atoms with Crippen molar-refractivity contribution in [1.29, 1.82) is 0 Å². The fourth-order valence-electron chi connectivity index (χ4n) is 11.2. The van der Waals surface area contributed by atoms with E-state index in [9.17, 15) is 23.2 Å². The molecule has 5 aliphatic rings. The Bertz CT molecular complexity index is 2710. The van der Waals surface area contributed by atoms with Crippen LogP contribution >= 0.6 is 0 Å². The number of piperidine rings is 2. The van der Waals surface area contributed by atoms with E-state index in [1.165, 1.54) is 22.9 Å². The van der Waals surface area contributed by atoms with Gasteiger partial charge in [0.15, 0.2) is 0 Å². The van der Waals surface area contributed by atoms with Gasteiger partial charge >= 0.3 is 0 Å². The van der Waals surface area contributed by atoms with E-state index >= 15 is 8.78 Å². The molecule has 1 aliphatic carbocycles. The largest absolute Gasteiger partial charge is 0.477 e. The molecule has 1 saturated carbocycles. The number of imidazole rings is 1. The van der Waals surface area contributed by atoms with Crippen molar-refractivity contribution in [2.24, 2.45) is 18.9 Å². The zero-order valence-corrected chi connectivity index (χ0v) is 37.7. The second-order valence-corrected chi connectivity index (χ2v) is 18.7. The van der Waals surface area contributed by atoms with Crippen LogP contribution in [0.5, 0.6) is 5.88 Å². The Hall–Kier alpha value is -6.08. The lowest BCUT2D eigenvalue weighted by Gasteiger charge is -2.48. The van der Waals surface area contributed by atoms with Crippen LogP contribution in [0, 0.1) is 30.4 Å². The highest BCUT2D eigenvalue weighted by Crippen LogP contribution is 2.41. The number of fused-ring (bicyclic) bond motifs is 9. The van der Waals surface area contributed by atoms with Crippen LogP contribution in [0.1, 0.15) is 84.6 Å². The lowest BCUT2D eigenvalue weighted by atomic mass is 9.89. The molecule has 10 rings (SSSR count). The third-order valence-electron chi connectivity index (χ3n) is 14.4. The monoisotopic (exact) mass is 926 g/mol. The van der Waals surface area contributed by atoms with E-state index in [1.807, 2.05) is 11.0 Å². The van der Waals surface area contributed by atoms with Gasteiger partial charge in [-0.3, -0.25) is 34.9 Å². The van der Waals surface area contributed by atoms with Crippen molar-refractivity contribution in [3.63, 3.8) is 0 Å². The molecule has 5 aromatic rings. The van der Waals surface area contributed by atoms with E-state index in [0.29, 0.717) is 56.7 Å². The second kappa shape index (κ2) is 18.2. The summed E-state index contributed by atoms with van der Waals surface area (Å²) in [6, 6.07) is 12.2. The first kappa shape index (κ1) is 44.7. The van der Waals surface area contributed by atoms with E-state index < -0.39 is 47.4 Å². The third-order valence-corrected chi connectivity index (χ3v) is 14.4. The fraction of sp³-hybridized carbons (Fsp3) is 0.500. The molecule has 4 fully saturated rings. The van der Waals surface area contributed by atoms with Gasteiger partial charge in [-0.2, -0.15) is 5.10 Å². The second-order valence-electron chi connectivity index (χ2n) is 18.7. The predicted molar refractivity (Wildman–Crippen MR) is 241 cm³/mol. The standard InChI is InChI=1S/C48H54F4N10O5/c1-26-16-29-18-38(53-26)42-43(44(51)52)57-58(2)47(42)67-24-28-5-4-27(17-28)22-62-39-21-31(6-8-37(39)54-48(62)56-45(29)64)60-14-15-61(33(23-60)25-66-3)30-10-12-59(13-11-30)32-19-35(49)41(36(50)20-32)34-7-9-40(63)55-46(34)65/h6,8,16,18-21,27-28,30,33-34,44H,4-5,7,9-15,17,22-25H2,1-3H3,(H,54,56,64)(H,55,63,65)/t27-,28+,33-,34-/m1/s1. The number of aryl methyl sites for hydroxylation is 2. The molecular formula is C48H54F4N10O5. The molecule has 67 heavy (non-hydrogen) atoms. The van der Waals surface area contributed by atoms with Crippen LogP contribution in [0.25, 0.3) is 22.3 Å². The van der Waals surface area contributed by atoms with Gasteiger partial charge in [-0.25, -0.2) is 27.2 Å². The number of methoxy groups -OCH3 is 1. The van der Waals surface area contributed by atoms with Crippen molar-refractivity contribution in [2.45, 2.75) is 82.8 Å². The van der Waals surface area contributed by atoms with E-state index in [2.05, 4.69) is 47.2 Å². The third kappa shape index (κ3) is 8.71. The van der Waals surface area contributed by atoms with Crippen molar-refractivity contribution >= 4 is 46.1 Å². The number of carbonyl (C=O) groups is 3. The van der Waals surface area contributed by atoms with Crippen LogP contribution in [-0.2, 0) is 27.9 Å². The number of ether oxygens (including phenoxy) is 2. The first-order valence-corrected chi connectivity index (χ1v) is 23.2. The number of hydrogen-bond acceptors (Lipinski definition) is 11. The Morgan fingerprint density at radius 1 is 0.866 bits per heavy atom. The quantitative estimate of drug-likeness (QED) is 0.132. The first-order valence-electron chi connectivity index (χ1n) is 23.2.